The molecule has 0 unspecified atom stereocenters. The van der Waals surface area contributed by atoms with Crippen LogP contribution < -0.4 is 5.32 Å². The average molecular weight is 234 g/mol. The van der Waals surface area contributed by atoms with Gasteiger partial charge < -0.3 is 9.88 Å². The Morgan fingerprint density at radius 2 is 2.12 bits per heavy atom. The molecule has 2 nitrogen and oxygen atoms in total. The molecular weight excluding hydrogens is 208 g/mol. The summed E-state index contributed by atoms with van der Waals surface area (Å²) in [5, 5.41) is 3.64. The van der Waals surface area contributed by atoms with E-state index in [0.717, 1.165) is 19.0 Å². The van der Waals surface area contributed by atoms with Crippen LogP contribution in [0.15, 0.2) is 18.3 Å². The van der Waals surface area contributed by atoms with Gasteiger partial charge in [-0.25, -0.2) is 0 Å². The maximum absolute atomic E-state index is 3.64. The van der Waals surface area contributed by atoms with E-state index >= 15 is 0 Å². The van der Waals surface area contributed by atoms with Gasteiger partial charge in [-0.3, -0.25) is 0 Å². The third-order valence-electron chi connectivity index (χ3n) is 3.85. The van der Waals surface area contributed by atoms with Gasteiger partial charge in [0.25, 0.3) is 0 Å². The highest BCUT2D eigenvalue weighted by molar-refractivity contribution is 5.06. The minimum absolute atomic E-state index is 0.929. The Morgan fingerprint density at radius 1 is 1.29 bits per heavy atom. The maximum Gasteiger partial charge on any atom is 0.0359 e. The van der Waals surface area contributed by atoms with Crippen molar-refractivity contribution in [2.45, 2.75) is 58.5 Å². The molecule has 1 saturated carbocycles. The fraction of sp³-hybridized carbons (Fsp3) is 0.733. The standard InChI is InChI=1S/C15H26N2/c1-2-10-17-11-6-9-15(17)13-16-12-14-7-4-3-5-8-14/h6,9,11,14,16H,2-5,7-8,10,12-13H2,1H3. The molecule has 0 bridgehead atoms. The van der Waals surface area contributed by atoms with Crippen molar-refractivity contribution < 1.29 is 0 Å². The minimum atomic E-state index is 0.929. The molecule has 1 aromatic rings. The first kappa shape index (κ1) is 12.7. The topological polar surface area (TPSA) is 17.0 Å². The summed E-state index contributed by atoms with van der Waals surface area (Å²) in [5.41, 5.74) is 1.43. The van der Waals surface area contributed by atoms with E-state index in [-0.39, 0.29) is 0 Å². The van der Waals surface area contributed by atoms with Crippen LogP contribution in [0.3, 0.4) is 0 Å². The lowest BCUT2D eigenvalue weighted by Crippen LogP contribution is -2.25. The zero-order valence-electron chi connectivity index (χ0n) is 11.1. The van der Waals surface area contributed by atoms with Gasteiger partial charge in [0.1, 0.15) is 0 Å². The van der Waals surface area contributed by atoms with Crippen molar-refractivity contribution in [2.75, 3.05) is 6.54 Å². The summed E-state index contributed by atoms with van der Waals surface area (Å²) in [6, 6.07) is 4.40. The quantitative estimate of drug-likeness (QED) is 0.796. The molecule has 0 radical (unpaired) electrons. The molecule has 0 amide bonds. The van der Waals surface area contributed by atoms with E-state index in [1.165, 1.54) is 50.8 Å². The van der Waals surface area contributed by atoms with E-state index < -0.39 is 0 Å². The summed E-state index contributed by atoms with van der Waals surface area (Å²) in [6.07, 6.45) is 10.6. The minimum Gasteiger partial charge on any atom is -0.350 e. The molecular formula is C15H26N2. The van der Waals surface area contributed by atoms with Gasteiger partial charge in [-0.05, 0) is 43.9 Å². The molecule has 1 aliphatic rings. The summed E-state index contributed by atoms with van der Waals surface area (Å²) in [4.78, 5) is 0. The molecule has 2 rings (SSSR count). The molecule has 0 aromatic carbocycles. The second-order valence-corrected chi connectivity index (χ2v) is 5.33. The van der Waals surface area contributed by atoms with Crippen LogP contribution in [-0.4, -0.2) is 11.1 Å². The zero-order valence-corrected chi connectivity index (χ0v) is 11.1. The number of hydrogen-bond acceptors (Lipinski definition) is 1. The number of nitrogens with one attached hydrogen (secondary N) is 1. The van der Waals surface area contributed by atoms with Crippen molar-refractivity contribution in [3.05, 3.63) is 24.0 Å². The van der Waals surface area contributed by atoms with E-state index in [0.29, 0.717) is 0 Å². The number of hydrogen-bond donors (Lipinski definition) is 1. The Hall–Kier alpha value is -0.760. The monoisotopic (exact) mass is 234 g/mol. The highest BCUT2D eigenvalue weighted by Crippen LogP contribution is 2.22. The van der Waals surface area contributed by atoms with Gasteiger partial charge in [-0.15, -0.1) is 0 Å². The molecule has 0 aliphatic heterocycles. The molecule has 2 heteroatoms. The summed E-state index contributed by atoms with van der Waals surface area (Å²) in [7, 11) is 0. The second-order valence-electron chi connectivity index (χ2n) is 5.33. The molecule has 0 atom stereocenters. The van der Waals surface area contributed by atoms with E-state index in [9.17, 15) is 0 Å². The Bertz CT molecular complexity index is 310. The second kappa shape index (κ2) is 6.85. The van der Waals surface area contributed by atoms with Crippen molar-refractivity contribution in [1.29, 1.82) is 0 Å². The van der Waals surface area contributed by atoms with Crippen LogP contribution in [0.2, 0.25) is 0 Å². The fourth-order valence-electron chi connectivity index (χ4n) is 2.86. The molecule has 1 aromatic heterocycles. The summed E-state index contributed by atoms with van der Waals surface area (Å²) >= 11 is 0. The summed E-state index contributed by atoms with van der Waals surface area (Å²) in [6.45, 7) is 5.62. The van der Waals surface area contributed by atoms with Crippen LogP contribution in [0.4, 0.5) is 0 Å². The van der Waals surface area contributed by atoms with Gasteiger partial charge in [-0.1, -0.05) is 26.2 Å². The smallest absolute Gasteiger partial charge is 0.0359 e. The number of aromatic nitrogens is 1. The Morgan fingerprint density at radius 3 is 2.88 bits per heavy atom. The SMILES string of the molecule is CCCn1cccc1CNCC1CCCCC1. The fourth-order valence-corrected chi connectivity index (χ4v) is 2.86. The molecule has 1 N–H and O–H groups in total. The molecule has 0 spiro atoms. The van der Waals surface area contributed by atoms with Gasteiger partial charge in [0.2, 0.25) is 0 Å². The van der Waals surface area contributed by atoms with Crippen molar-refractivity contribution >= 4 is 0 Å². The van der Waals surface area contributed by atoms with E-state index in [1.54, 1.807) is 0 Å². The lowest BCUT2D eigenvalue weighted by Gasteiger charge is -2.22. The summed E-state index contributed by atoms with van der Waals surface area (Å²) in [5.74, 6) is 0.929. The van der Waals surface area contributed by atoms with Crippen LogP contribution in [0.5, 0.6) is 0 Å². The van der Waals surface area contributed by atoms with Crippen LogP contribution in [0, 0.1) is 5.92 Å². The van der Waals surface area contributed by atoms with Crippen molar-refractivity contribution in [2.24, 2.45) is 5.92 Å². The number of nitrogens with zero attached hydrogens (tertiary/aromatic N) is 1. The number of rotatable bonds is 6. The van der Waals surface area contributed by atoms with Gasteiger partial charge >= 0.3 is 0 Å². The third kappa shape index (κ3) is 3.88. The van der Waals surface area contributed by atoms with Gasteiger partial charge in [0, 0.05) is 25.0 Å². The van der Waals surface area contributed by atoms with Gasteiger partial charge in [-0.2, -0.15) is 0 Å². The van der Waals surface area contributed by atoms with E-state index in [2.05, 4.69) is 35.1 Å². The van der Waals surface area contributed by atoms with Crippen molar-refractivity contribution in [3.8, 4) is 0 Å². The van der Waals surface area contributed by atoms with E-state index in [1.807, 2.05) is 0 Å². The van der Waals surface area contributed by atoms with Crippen molar-refractivity contribution in [1.82, 2.24) is 9.88 Å². The Balaban J connectivity index is 1.71. The van der Waals surface area contributed by atoms with Crippen LogP contribution in [0.25, 0.3) is 0 Å². The molecule has 1 heterocycles. The van der Waals surface area contributed by atoms with Crippen LogP contribution in [-0.2, 0) is 13.1 Å². The van der Waals surface area contributed by atoms with Gasteiger partial charge in [0.15, 0.2) is 0 Å². The lowest BCUT2D eigenvalue weighted by atomic mass is 9.89. The molecule has 0 saturated heterocycles. The average Bonchev–Trinajstić information content (AvgIpc) is 2.79. The Labute approximate surface area is 105 Å². The normalized spacial score (nSPS) is 17.5. The first-order valence-electron chi connectivity index (χ1n) is 7.25. The summed E-state index contributed by atoms with van der Waals surface area (Å²) < 4.78 is 2.37. The first-order valence-corrected chi connectivity index (χ1v) is 7.25. The maximum atomic E-state index is 3.64. The predicted octanol–water partition coefficient (Wildman–Crippen LogP) is 3.57. The Kier molecular flexibility index (Phi) is 5.11. The van der Waals surface area contributed by atoms with Crippen LogP contribution in [0.1, 0.15) is 51.1 Å². The predicted molar refractivity (Wildman–Crippen MR) is 73.0 cm³/mol. The highest BCUT2D eigenvalue weighted by atomic mass is 15.0. The highest BCUT2D eigenvalue weighted by Gasteiger charge is 2.12. The van der Waals surface area contributed by atoms with Gasteiger partial charge in [0.05, 0.1) is 0 Å². The van der Waals surface area contributed by atoms with E-state index in [4.69, 9.17) is 0 Å². The van der Waals surface area contributed by atoms with Crippen molar-refractivity contribution in [3.63, 3.8) is 0 Å². The molecule has 1 aliphatic carbocycles. The lowest BCUT2D eigenvalue weighted by molar-refractivity contribution is 0.340. The molecule has 17 heavy (non-hydrogen) atoms. The third-order valence-corrected chi connectivity index (χ3v) is 3.85. The first-order chi connectivity index (χ1) is 8.40. The van der Waals surface area contributed by atoms with Crippen LogP contribution >= 0.6 is 0 Å². The largest absolute Gasteiger partial charge is 0.350 e. The zero-order chi connectivity index (χ0) is 11.9. The molecule has 96 valence electrons. The number of aryl methyl sites for hydroxylation is 1. The molecule has 1 fully saturated rings.